The fourth-order valence-electron chi connectivity index (χ4n) is 5.43. The normalized spacial score (nSPS) is 24.6. The van der Waals surface area contributed by atoms with Gasteiger partial charge >= 0.3 is 0 Å². The molecule has 3 aliphatic heterocycles. The molecule has 3 fully saturated rings. The maximum absolute atomic E-state index is 13.7. The smallest absolute Gasteiger partial charge is 0.254 e. The maximum Gasteiger partial charge on any atom is 0.254 e. The van der Waals surface area contributed by atoms with Crippen molar-refractivity contribution in [2.45, 2.75) is 58.4 Å². The molecule has 0 saturated carbocycles. The van der Waals surface area contributed by atoms with Crippen molar-refractivity contribution in [2.75, 3.05) is 32.8 Å². The number of benzene rings is 1. The Kier molecular flexibility index (Phi) is 5.46. The quantitative estimate of drug-likeness (QED) is 0.786. The molecular weight excluding hydrogens is 352 g/mol. The standard InChI is InChI=1S/C23H32N2O3/c1-17-6-7-19(18(2)16-17)21(26)25-13-5-8-23(9-14-28-15-10-23)20(25)22(27)24-11-3-4-12-24/h6-7,16,20H,3-5,8-15H2,1-2H3. The van der Waals surface area contributed by atoms with Crippen LogP contribution in [0.25, 0.3) is 0 Å². The van der Waals surface area contributed by atoms with Crippen molar-refractivity contribution in [3.05, 3.63) is 34.9 Å². The number of likely N-dealkylation sites (tertiary alicyclic amines) is 2. The minimum absolute atomic E-state index is 0.0145. The number of carbonyl (C=O) groups excluding carboxylic acids is 2. The van der Waals surface area contributed by atoms with Gasteiger partial charge in [-0.25, -0.2) is 0 Å². The summed E-state index contributed by atoms with van der Waals surface area (Å²) in [4.78, 5) is 31.2. The Morgan fingerprint density at radius 1 is 1.00 bits per heavy atom. The molecule has 0 bridgehead atoms. The van der Waals surface area contributed by atoms with Crippen molar-refractivity contribution in [1.82, 2.24) is 9.80 Å². The topological polar surface area (TPSA) is 49.9 Å². The van der Waals surface area contributed by atoms with Crippen molar-refractivity contribution < 1.29 is 14.3 Å². The number of hydrogen-bond acceptors (Lipinski definition) is 3. The Morgan fingerprint density at radius 2 is 1.71 bits per heavy atom. The Bertz CT molecular complexity index is 743. The van der Waals surface area contributed by atoms with E-state index in [1.807, 2.05) is 35.8 Å². The number of rotatable bonds is 2. The SMILES string of the molecule is Cc1ccc(C(=O)N2CCCC3(CCOCC3)C2C(=O)N2CCCC2)c(C)c1. The molecule has 0 aromatic heterocycles. The molecule has 3 saturated heterocycles. The lowest BCUT2D eigenvalue weighted by molar-refractivity contribution is -0.147. The molecule has 152 valence electrons. The fraction of sp³-hybridized carbons (Fsp3) is 0.652. The second-order valence-corrected chi connectivity index (χ2v) is 8.83. The van der Waals surface area contributed by atoms with E-state index in [9.17, 15) is 9.59 Å². The molecule has 4 rings (SSSR count). The Labute approximate surface area is 168 Å². The average molecular weight is 385 g/mol. The molecule has 0 N–H and O–H groups in total. The lowest BCUT2D eigenvalue weighted by Crippen LogP contribution is -2.62. The van der Waals surface area contributed by atoms with Crippen LogP contribution < -0.4 is 0 Å². The van der Waals surface area contributed by atoms with E-state index < -0.39 is 0 Å². The number of piperidine rings is 1. The van der Waals surface area contributed by atoms with Gasteiger partial charge in [-0.1, -0.05) is 17.7 Å². The minimum Gasteiger partial charge on any atom is -0.381 e. The first-order valence-electron chi connectivity index (χ1n) is 10.8. The van der Waals surface area contributed by atoms with Gasteiger partial charge in [0, 0.05) is 43.8 Å². The number of ether oxygens (including phenoxy) is 1. The maximum atomic E-state index is 13.7. The summed E-state index contributed by atoms with van der Waals surface area (Å²) in [5.74, 6) is 0.179. The summed E-state index contributed by atoms with van der Waals surface area (Å²) in [6.07, 6.45) is 5.85. The second-order valence-electron chi connectivity index (χ2n) is 8.83. The van der Waals surface area contributed by atoms with Crippen LogP contribution in [0.2, 0.25) is 0 Å². The molecule has 2 amide bonds. The van der Waals surface area contributed by atoms with E-state index in [1.54, 1.807) is 0 Å². The molecule has 3 heterocycles. The van der Waals surface area contributed by atoms with E-state index in [4.69, 9.17) is 4.74 Å². The molecule has 5 heteroatoms. The molecule has 1 aromatic carbocycles. The summed E-state index contributed by atoms with van der Waals surface area (Å²) in [6.45, 7) is 7.73. The van der Waals surface area contributed by atoms with Crippen molar-refractivity contribution >= 4 is 11.8 Å². The summed E-state index contributed by atoms with van der Waals surface area (Å²) in [5.41, 5.74) is 2.74. The van der Waals surface area contributed by atoms with Crippen LogP contribution in [0.15, 0.2) is 18.2 Å². The van der Waals surface area contributed by atoms with Crippen LogP contribution in [0, 0.1) is 19.3 Å². The van der Waals surface area contributed by atoms with Crippen LogP contribution in [0.1, 0.15) is 60.0 Å². The van der Waals surface area contributed by atoms with Gasteiger partial charge < -0.3 is 14.5 Å². The van der Waals surface area contributed by atoms with Gasteiger partial charge in [-0.3, -0.25) is 9.59 Å². The molecule has 1 unspecified atom stereocenters. The van der Waals surface area contributed by atoms with E-state index in [-0.39, 0.29) is 23.3 Å². The third kappa shape index (κ3) is 3.45. The number of hydrogen-bond donors (Lipinski definition) is 0. The molecule has 5 nitrogen and oxygen atoms in total. The molecule has 28 heavy (non-hydrogen) atoms. The van der Waals surface area contributed by atoms with Crippen LogP contribution in [0.5, 0.6) is 0 Å². The van der Waals surface area contributed by atoms with Crippen LogP contribution >= 0.6 is 0 Å². The first-order valence-corrected chi connectivity index (χ1v) is 10.8. The first kappa shape index (κ1) is 19.4. The lowest BCUT2D eigenvalue weighted by atomic mass is 9.67. The largest absolute Gasteiger partial charge is 0.381 e. The molecule has 0 aliphatic carbocycles. The molecular formula is C23H32N2O3. The van der Waals surface area contributed by atoms with Crippen LogP contribution in [-0.2, 0) is 9.53 Å². The third-order valence-electron chi connectivity index (χ3n) is 6.98. The summed E-state index contributed by atoms with van der Waals surface area (Å²) >= 11 is 0. The highest BCUT2D eigenvalue weighted by Gasteiger charge is 2.52. The van der Waals surface area contributed by atoms with E-state index in [0.717, 1.165) is 68.3 Å². The van der Waals surface area contributed by atoms with Gasteiger partial charge in [-0.2, -0.15) is 0 Å². The van der Waals surface area contributed by atoms with Gasteiger partial charge in [-0.05, 0) is 64.0 Å². The zero-order valence-corrected chi connectivity index (χ0v) is 17.2. The fourth-order valence-corrected chi connectivity index (χ4v) is 5.43. The van der Waals surface area contributed by atoms with Crippen LogP contribution in [0.3, 0.4) is 0 Å². The van der Waals surface area contributed by atoms with Gasteiger partial charge in [0.25, 0.3) is 5.91 Å². The Morgan fingerprint density at radius 3 is 2.39 bits per heavy atom. The van der Waals surface area contributed by atoms with Crippen molar-refractivity contribution in [3.63, 3.8) is 0 Å². The van der Waals surface area contributed by atoms with E-state index in [1.165, 1.54) is 0 Å². The molecule has 1 spiro atoms. The average Bonchev–Trinajstić information content (AvgIpc) is 3.22. The van der Waals surface area contributed by atoms with Gasteiger partial charge in [0.2, 0.25) is 5.91 Å². The number of carbonyl (C=O) groups is 2. The van der Waals surface area contributed by atoms with Gasteiger partial charge in [0.1, 0.15) is 6.04 Å². The first-order chi connectivity index (χ1) is 13.5. The summed E-state index contributed by atoms with van der Waals surface area (Å²) < 4.78 is 5.63. The highest BCUT2D eigenvalue weighted by Crippen LogP contribution is 2.45. The monoisotopic (exact) mass is 384 g/mol. The van der Waals surface area contributed by atoms with E-state index in [0.29, 0.717) is 19.8 Å². The molecule has 1 aromatic rings. The molecule has 0 radical (unpaired) electrons. The van der Waals surface area contributed by atoms with Crippen molar-refractivity contribution in [1.29, 1.82) is 0 Å². The molecule has 3 aliphatic rings. The van der Waals surface area contributed by atoms with E-state index in [2.05, 4.69) is 6.07 Å². The third-order valence-corrected chi connectivity index (χ3v) is 6.98. The van der Waals surface area contributed by atoms with Crippen LogP contribution in [-0.4, -0.2) is 60.5 Å². The van der Waals surface area contributed by atoms with Crippen LogP contribution in [0.4, 0.5) is 0 Å². The highest BCUT2D eigenvalue weighted by molar-refractivity contribution is 5.99. The van der Waals surface area contributed by atoms with E-state index >= 15 is 0 Å². The van der Waals surface area contributed by atoms with Crippen molar-refractivity contribution in [3.8, 4) is 0 Å². The summed E-state index contributed by atoms with van der Waals surface area (Å²) in [6, 6.07) is 5.62. The van der Waals surface area contributed by atoms with Gasteiger partial charge in [0.05, 0.1) is 0 Å². The Hall–Kier alpha value is -1.88. The minimum atomic E-state index is -0.351. The zero-order chi connectivity index (χ0) is 19.7. The predicted molar refractivity (Wildman–Crippen MR) is 108 cm³/mol. The number of nitrogens with zero attached hydrogens (tertiary/aromatic N) is 2. The zero-order valence-electron chi connectivity index (χ0n) is 17.2. The highest BCUT2D eigenvalue weighted by atomic mass is 16.5. The summed E-state index contributed by atoms with van der Waals surface area (Å²) in [7, 11) is 0. The van der Waals surface area contributed by atoms with Gasteiger partial charge in [-0.15, -0.1) is 0 Å². The second kappa shape index (κ2) is 7.86. The van der Waals surface area contributed by atoms with Crippen molar-refractivity contribution in [2.24, 2.45) is 5.41 Å². The molecule has 1 atom stereocenters. The number of aryl methyl sites for hydroxylation is 2. The Balaban J connectivity index is 1.70. The summed E-state index contributed by atoms with van der Waals surface area (Å²) in [5, 5.41) is 0. The predicted octanol–water partition coefficient (Wildman–Crippen LogP) is 3.33. The number of amides is 2. The lowest BCUT2D eigenvalue weighted by Gasteiger charge is -2.51. The van der Waals surface area contributed by atoms with Gasteiger partial charge in [0.15, 0.2) is 0 Å².